The summed E-state index contributed by atoms with van der Waals surface area (Å²) in [5, 5.41) is 7.25. The van der Waals surface area contributed by atoms with E-state index in [0.29, 0.717) is 30.0 Å². The summed E-state index contributed by atoms with van der Waals surface area (Å²) < 4.78 is 13.9. The Morgan fingerprint density at radius 2 is 1.84 bits per heavy atom. The van der Waals surface area contributed by atoms with Crippen molar-refractivity contribution in [2.24, 2.45) is 23.2 Å². The van der Waals surface area contributed by atoms with E-state index >= 15 is 0 Å². The van der Waals surface area contributed by atoms with Crippen LogP contribution < -0.4 is 5.32 Å². The number of aryl methyl sites for hydroxylation is 1. The van der Waals surface area contributed by atoms with Crippen molar-refractivity contribution in [2.75, 3.05) is 6.54 Å². The van der Waals surface area contributed by atoms with Gasteiger partial charge in [0.25, 0.3) is 5.91 Å². The van der Waals surface area contributed by atoms with Crippen LogP contribution in [0.25, 0.3) is 10.8 Å². The monoisotopic (exact) mass is 609 g/mol. The number of nitrogens with one attached hydrogen (secondary N) is 1. The van der Waals surface area contributed by atoms with Crippen LogP contribution in [-0.4, -0.2) is 59.4 Å². The van der Waals surface area contributed by atoms with Crippen molar-refractivity contribution in [3.63, 3.8) is 0 Å². The van der Waals surface area contributed by atoms with Crippen molar-refractivity contribution in [2.45, 2.75) is 103 Å². The number of hydroxylamine groups is 2. The van der Waals surface area contributed by atoms with E-state index in [-0.39, 0.29) is 48.2 Å². The van der Waals surface area contributed by atoms with Crippen LogP contribution in [0.5, 0.6) is 0 Å². The molecule has 2 aromatic carbocycles. The molecule has 1 amide bonds. The Labute approximate surface area is 268 Å². The van der Waals surface area contributed by atoms with Gasteiger partial charge in [0, 0.05) is 24.5 Å². The topological polar surface area (TPSA) is 72.9 Å². The highest BCUT2D eigenvalue weighted by molar-refractivity contribution is 6.47. The molecule has 1 aromatic heterocycles. The Kier molecular flexibility index (Phi) is 8.08. The number of nitrogens with zero attached hydrogens (tertiary/aromatic N) is 2. The Hall–Kier alpha value is -2.78. The van der Waals surface area contributed by atoms with Gasteiger partial charge in [-0.3, -0.25) is 14.6 Å². The third kappa shape index (κ3) is 5.52. The standard InChI is InChI=1S/C37H48BN3O4/c1-23(2)17-33(38-43-32-20-27-19-31(36(27,4)5)37(32,6)45-38)41-28(21-29(44-41)18-26-13-8-7-11-24(26)3)22-40-35(42)34-30-14-10-9-12-25(30)15-16-39-34/h7-16,23,27-29,31-33H,17-22H2,1-6H3,(H,40,42)/t27-,28?,29?,31-,32+,33-,37-/m0/s1. The second-order valence-corrected chi connectivity index (χ2v) is 15.2. The normalized spacial score (nSPS) is 31.2. The van der Waals surface area contributed by atoms with Gasteiger partial charge in [0.05, 0.1) is 29.8 Å². The third-order valence-electron chi connectivity index (χ3n) is 11.6. The van der Waals surface area contributed by atoms with Crippen molar-refractivity contribution < 1.29 is 18.9 Å². The van der Waals surface area contributed by atoms with Gasteiger partial charge in [0.1, 0.15) is 5.69 Å². The van der Waals surface area contributed by atoms with Gasteiger partial charge in [-0.15, -0.1) is 0 Å². The fourth-order valence-electron chi connectivity index (χ4n) is 8.91. The molecule has 45 heavy (non-hydrogen) atoms. The molecule has 2 unspecified atom stereocenters. The van der Waals surface area contributed by atoms with Crippen LogP contribution in [0.4, 0.5) is 0 Å². The van der Waals surface area contributed by atoms with Crippen molar-refractivity contribution >= 4 is 23.8 Å². The zero-order valence-electron chi connectivity index (χ0n) is 27.7. The summed E-state index contributed by atoms with van der Waals surface area (Å²) in [6.45, 7) is 14.2. The minimum Gasteiger partial charge on any atom is -0.404 e. The molecule has 2 saturated heterocycles. The van der Waals surface area contributed by atoms with Gasteiger partial charge in [-0.2, -0.15) is 5.06 Å². The quantitative estimate of drug-likeness (QED) is 0.277. The van der Waals surface area contributed by atoms with E-state index < -0.39 is 0 Å². The van der Waals surface area contributed by atoms with Crippen LogP contribution in [0, 0.1) is 30.1 Å². The molecule has 3 aromatic rings. The van der Waals surface area contributed by atoms with Crippen LogP contribution >= 0.6 is 0 Å². The first-order chi connectivity index (χ1) is 21.5. The molecule has 8 rings (SSSR count). The summed E-state index contributed by atoms with van der Waals surface area (Å²) in [7, 11) is -0.382. The van der Waals surface area contributed by atoms with E-state index in [2.05, 4.69) is 81.2 Å². The number of carbonyl (C=O) groups is 1. The zero-order chi connectivity index (χ0) is 31.5. The van der Waals surface area contributed by atoms with Crippen LogP contribution in [0.2, 0.25) is 0 Å². The summed E-state index contributed by atoms with van der Waals surface area (Å²) in [6.07, 6.45) is 6.57. The van der Waals surface area contributed by atoms with Gasteiger partial charge >= 0.3 is 7.12 Å². The second-order valence-electron chi connectivity index (χ2n) is 15.2. The molecule has 7 nitrogen and oxygen atoms in total. The van der Waals surface area contributed by atoms with Gasteiger partial charge in [0.2, 0.25) is 0 Å². The molecule has 5 aliphatic rings. The minimum atomic E-state index is -0.382. The molecule has 8 heteroatoms. The first kappa shape index (κ1) is 30.9. The highest BCUT2D eigenvalue weighted by Gasteiger charge is 2.69. The summed E-state index contributed by atoms with van der Waals surface area (Å²) in [5.41, 5.74) is 3.01. The van der Waals surface area contributed by atoms with Gasteiger partial charge in [-0.25, -0.2) is 0 Å². The fourth-order valence-corrected chi connectivity index (χ4v) is 8.91. The number of aromatic nitrogens is 1. The highest BCUT2D eigenvalue weighted by atomic mass is 16.7. The van der Waals surface area contributed by atoms with Crippen molar-refractivity contribution in [1.82, 2.24) is 15.4 Å². The molecule has 0 spiro atoms. The first-order valence-electron chi connectivity index (χ1n) is 17.0. The summed E-state index contributed by atoms with van der Waals surface area (Å²) in [4.78, 5) is 24.9. The Bertz CT molecular complexity index is 1560. The van der Waals surface area contributed by atoms with Crippen molar-refractivity contribution in [3.8, 4) is 0 Å². The number of benzene rings is 2. The maximum Gasteiger partial charge on any atom is 0.478 e. The van der Waals surface area contributed by atoms with Crippen molar-refractivity contribution in [3.05, 3.63) is 77.6 Å². The molecule has 3 heterocycles. The molecule has 238 valence electrons. The largest absolute Gasteiger partial charge is 0.478 e. The predicted octanol–water partition coefficient (Wildman–Crippen LogP) is 6.57. The number of pyridine rings is 1. The molecule has 2 aliphatic heterocycles. The molecule has 1 N–H and O–H groups in total. The maximum atomic E-state index is 13.6. The van der Waals surface area contributed by atoms with E-state index in [1.807, 2.05) is 30.3 Å². The van der Waals surface area contributed by atoms with E-state index in [0.717, 1.165) is 36.5 Å². The summed E-state index contributed by atoms with van der Waals surface area (Å²) >= 11 is 0. The van der Waals surface area contributed by atoms with Crippen LogP contribution in [0.1, 0.15) is 81.9 Å². The lowest BCUT2D eigenvalue weighted by atomic mass is 9.43. The Morgan fingerprint density at radius 1 is 1.07 bits per heavy atom. The number of rotatable bonds is 9. The fraction of sp³-hybridized carbons (Fsp3) is 0.568. The lowest BCUT2D eigenvalue weighted by Gasteiger charge is -2.64. The molecule has 2 bridgehead atoms. The molecule has 5 fully saturated rings. The van der Waals surface area contributed by atoms with Crippen LogP contribution in [0.3, 0.4) is 0 Å². The number of carbonyl (C=O) groups excluding carboxylic acids is 1. The second kappa shape index (κ2) is 11.8. The lowest BCUT2D eigenvalue weighted by molar-refractivity contribution is -0.200. The van der Waals surface area contributed by atoms with Gasteiger partial charge in [-0.1, -0.05) is 76.2 Å². The Balaban J connectivity index is 1.15. The Morgan fingerprint density at radius 3 is 2.62 bits per heavy atom. The van der Waals surface area contributed by atoms with Crippen molar-refractivity contribution in [1.29, 1.82) is 0 Å². The number of amides is 1. The molecule has 7 atom stereocenters. The SMILES string of the molecule is Cc1ccccc1CC1CC(CNC(=O)c2nccc3ccccc23)N([C@@H](CC(C)C)B2O[C@@H]3C[C@@H]4C[C@@H](C4(C)C)[C@]3(C)O2)O1. The van der Waals surface area contributed by atoms with E-state index in [9.17, 15) is 4.79 Å². The van der Waals surface area contributed by atoms with Gasteiger partial charge in [0.15, 0.2) is 0 Å². The van der Waals surface area contributed by atoms with Gasteiger partial charge in [-0.05, 0) is 85.3 Å². The lowest BCUT2D eigenvalue weighted by Crippen LogP contribution is -2.65. The highest BCUT2D eigenvalue weighted by Crippen LogP contribution is 2.66. The number of hydrogen-bond donors (Lipinski definition) is 1. The van der Waals surface area contributed by atoms with E-state index in [1.165, 1.54) is 17.5 Å². The molecule has 3 saturated carbocycles. The average Bonchev–Trinajstić information content (AvgIpc) is 3.59. The van der Waals surface area contributed by atoms with Crippen LogP contribution in [-0.2, 0) is 20.6 Å². The smallest absolute Gasteiger partial charge is 0.404 e. The van der Waals surface area contributed by atoms with Crippen LogP contribution in [0.15, 0.2) is 60.8 Å². The maximum absolute atomic E-state index is 13.6. The summed E-state index contributed by atoms with van der Waals surface area (Å²) in [6, 6.07) is 18.3. The molecular weight excluding hydrogens is 561 g/mol. The minimum absolute atomic E-state index is 0.00985. The zero-order valence-corrected chi connectivity index (χ0v) is 27.7. The van der Waals surface area contributed by atoms with E-state index in [4.69, 9.17) is 14.1 Å². The summed E-state index contributed by atoms with van der Waals surface area (Å²) in [5.74, 6) is 1.35. The number of hydrogen-bond acceptors (Lipinski definition) is 6. The average molecular weight is 610 g/mol. The predicted molar refractivity (Wildman–Crippen MR) is 177 cm³/mol. The molecular formula is C37H48BN3O4. The van der Waals surface area contributed by atoms with E-state index in [1.54, 1.807) is 6.20 Å². The molecule has 3 aliphatic carbocycles. The number of fused-ring (bicyclic) bond motifs is 1. The van der Waals surface area contributed by atoms with Gasteiger partial charge < -0.3 is 14.6 Å². The molecule has 0 radical (unpaired) electrons. The third-order valence-corrected chi connectivity index (χ3v) is 11.6. The first-order valence-corrected chi connectivity index (χ1v) is 17.0.